The molecule has 0 aliphatic carbocycles. The van der Waals surface area contributed by atoms with Crippen molar-refractivity contribution < 1.29 is 82.7 Å². The number of likely N-dealkylation sites (N-methyl/N-ethyl adjacent to an activating group) is 2. The lowest BCUT2D eigenvalue weighted by molar-refractivity contribution is -0.883. The maximum atomic E-state index is 13.5. The van der Waals surface area contributed by atoms with Crippen LogP contribution in [-0.2, 0) is 68.9 Å². The van der Waals surface area contributed by atoms with Crippen LogP contribution in [0.2, 0.25) is 0 Å². The van der Waals surface area contributed by atoms with E-state index in [1.165, 1.54) is 30.5 Å². The van der Waals surface area contributed by atoms with Crippen LogP contribution in [0.15, 0.2) is 46.2 Å². The highest BCUT2D eigenvalue weighted by Crippen LogP contribution is 2.34. The predicted octanol–water partition coefficient (Wildman–Crippen LogP) is -2.23. The van der Waals surface area contributed by atoms with Crippen LogP contribution in [-0.4, -0.2) is 213 Å². The molecule has 3 N–H and O–H groups in total. The van der Waals surface area contributed by atoms with Crippen molar-refractivity contribution in [1.29, 1.82) is 0 Å². The number of benzene rings is 2. The fourth-order valence-corrected chi connectivity index (χ4v) is 11.8. The molecule has 0 unspecified atom stereocenters. The second-order valence-corrected chi connectivity index (χ2v) is 25.9. The van der Waals surface area contributed by atoms with E-state index in [-0.39, 0.29) is 99.6 Å². The maximum absolute atomic E-state index is 13.5. The van der Waals surface area contributed by atoms with Crippen LogP contribution >= 0.6 is 0 Å². The second kappa shape index (κ2) is 24.4. The molecular formula is C34H57N8O20S6+. The molecule has 4 rings (SSSR count). The monoisotopic (exact) mass is 1090 g/mol. The van der Waals surface area contributed by atoms with E-state index in [4.69, 9.17) is 17.5 Å². The Morgan fingerprint density at radius 1 is 0.603 bits per heavy atom. The third-order valence-corrected chi connectivity index (χ3v) is 16.9. The van der Waals surface area contributed by atoms with Gasteiger partial charge in [0.2, 0.25) is 20.0 Å². The topological polar surface area (TPSA) is 371 Å². The van der Waals surface area contributed by atoms with E-state index in [9.17, 15) is 70.7 Å². The SMILES string of the molecule is CN1CCN(S(=O)(=O)c2cc([N+](=O)[O-])ccc2N(CCCS(=O)(=O)O)CCOS(C)(=O)=O)CC1.C[NH+]1CCN(S(=O)(=O)c2cc([N+](=O)[O-])ccc2N(CCCS(=O)(=O)O)CCOS(C)(=O)=O)CC1. The average molecular weight is 1090 g/mol. The summed E-state index contributed by atoms with van der Waals surface area (Å²) in [5.41, 5.74) is -0.852. The molecule has 2 heterocycles. The van der Waals surface area contributed by atoms with Gasteiger partial charge in [-0.1, -0.05) is 0 Å². The lowest BCUT2D eigenvalue weighted by Crippen LogP contribution is -3.12. The van der Waals surface area contributed by atoms with Gasteiger partial charge < -0.3 is 19.6 Å². The first-order valence-electron chi connectivity index (χ1n) is 20.4. The van der Waals surface area contributed by atoms with Crippen molar-refractivity contribution in [2.24, 2.45) is 0 Å². The Morgan fingerprint density at radius 3 is 1.28 bits per heavy atom. The summed E-state index contributed by atoms with van der Waals surface area (Å²) >= 11 is 0. The summed E-state index contributed by atoms with van der Waals surface area (Å²) in [5.74, 6) is -1.24. The van der Waals surface area contributed by atoms with Crippen LogP contribution in [0.4, 0.5) is 22.7 Å². The number of sulfonamides is 2. The zero-order chi connectivity index (χ0) is 51.5. The lowest BCUT2D eigenvalue weighted by atomic mass is 10.2. The zero-order valence-electron chi connectivity index (χ0n) is 37.5. The fraction of sp³-hybridized carbons (Fsp3) is 0.647. The lowest BCUT2D eigenvalue weighted by Gasteiger charge is -2.33. The Hall–Kier alpha value is -3.78. The number of quaternary nitrogens is 1. The number of hydrogen-bond donors (Lipinski definition) is 3. The molecule has 0 spiro atoms. The van der Waals surface area contributed by atoms with E-state index in [1.54, 1.807) is 0 Å². The molecule has 2 aliphatic rings. The Labute approximate surface area is 396 Å². The quantitative estimate of drug-likeness (QED) is 0.0433. The van der Waals surface area contributed by atoms with Crippen molar-refractivity contribution in [3.63, 3.8) is 0 Å². The van der Waals surface area contributed by atoms with E-state index >= 15 is 0 Å². The molecule has 0 amide bonds. The van der Waals surface area contributed by atoms with Gasteiger partial charge in [-0.2, -0.15) is 42.3 Å². The van der Waals surface area contributed by atoms with Crippen LogP contribution in [0.1, 0.15) is 12.8 Å². The van der Waals surface area contributed by atoms with Gasteiger partial charge in [0.05, 0.1) is 91.7 Å². The number of anilines is 2. The number of nitro benzene ring substituents is 2. The van der Waals surface area contributed by atoms with E-state index in [0.717, 1.165) is 41.7 Å². The standard InChI is InChI=1S/2C17H28N4O10S3/c2*1-18-7-9-20(10-8-18)34(29,30)17-14-15(21(22)23)4-5-16(17)19(6-3-13-33(26,27)28)11-12-31-32(2,24)25/h2*4-5,14H,3,6-13H2,1-2H3,(H,26,27,28)/p+1. The van der Waals surface area contributed by atoms with Gasteiger partial charge in [-0.15, -0.1) is 0 Å². The molecule has 2 aromatic rings. The molecule has 2 aromatic carbocycles. The second-order valence-electron chi connectivity index (χ2n) is 15.7. The summed E-state index contributed by atoms with van der Waals surface area (Å²) in [7, 11) is -20.8. The number of nitrogens with one attached hydrogen (secondary N) is 1. The van der Waals surface area contributed by atoms with Crippen LogP contribution in [0.5, 0.6) is 0 Å². The Kier molecular flexibility index (Phi) is 21.0. The van der Waals surface area contributed by atoms with Gasteiger partial charge in [0.1, 0.15) is 9.79 Å². The largest absolute Gasteiger partial charge is 0.368 e. The summed E-state index contributed by atoms with van der Waals surface area (Å²) in [6.07, 6.45) is 1.44. The maximum Gasteiger partial charge on any atom is 0.270 e. The first-order valence-corrected chi connectivity index (χ1v) is 30.1. The minimum absolute atomic E-state index is 0.0250. The van der Waals surface area contributed by atoms with Crippen molar-refractivity contribution in [3.8, 4) is 0 Å². The van der Waals surface area contributed by atoms with E-state index in [1.807, 2.05) is 19.0 Å². The highest BCUT2D eigenvalue weighted by Gasteiger charge is 2.35. The third-order valence-electron chi connectivity index (χ3n) is 10.2. The summed E-state index contributed by atoms with van der Waals surface area (Å²) in [6.45, 7) is 1.48. The van der Waals surface area contributed by atoms with Crippen LogP contribution < -0.4 is 14.7 Å². The van der Waals surface area contributed by atoms with Gasteiger partial charge in [0, 0.05) is 76.6 Å². The fourth-order valence-electron chi connectivity index (χ4n) is 6.76. The van der Waals surface area contributed by atoms with E-state index in [0.29, 0.717) is 26.2 Å². The molecule has 2 saturated heterocycles. The Balaban J connectivity index is 0.000000360. The molecule has 2 aliphatic heterocycles. The Bertz CT molecular complexity index is 2500. The van der Waals surface area contributed by atoms with Crippen LogP contribution in [0, 0.1) is 20.2 Å². The Morgan fingerprint density at radius 2 is 0.956 bits per heavy atom. The molecule has 0 aromatic heterocycles. The van der Waals surface area contributed by atoms with Gasteiger partial charge in [-0.05, 0) is 32.0 Å². The summed E-state index contributed by atoms with van der Waals surface area (Å²) in [5, 5.41) is 22.7. The van der Waals surface area contributed by atoms with Gasteiger partial charge in [0.15, 0.2) is 0 Å². The molecular weight excluding hydrogens is 1030 g/mol. The minimum atomic E-state index is -4.30. The van der Waals surface area contributed by atoms with Gasteiger partial charge in [0.25, 0.3) is 51.8 Å². The summed E-state index contributed by atoms with van der Waals surface area (Å²) in [4.78, 5) is 26.3. The molecule has 34 heteroatoms. The van der Waals surface area contributed by atoms with Crippen molar-refractivity contribution in [1.82, 2.24) is 13.5 Å². The first-order chi connectivity index (χ1) is 31.2. The van der Waals surface area contributed by atoms with Gasteiger partial charge in [-0.25, -0.2) is 16.8 Å². The molecule has 28 nitrogen and oxygen atoms in total. The molecule has 68 heavy (non-hydrogen) atoms. The molecule has 2 fully saturated rings. The molecule has 0 atom stereocenters. The average Bonchev–Trinajstić information content (AvgIpc) is 3.21. The molecule has 0 bridgehead atoms. The number of non-ortho nitro benzene ring substituents is 2. The number of hydrogen-bond acceptors (Lipinski definition) is 21. The van der Waals surface area contributed by atoms with Crippen molar-refractivity contribution in [2.45, 2.75) is 22.6 Å². The third kappa shape index (κ3) is 19.2. The zero-order valence-corrected chi connectivity index (χ0v) is 42.4. The number of nitrogens with zero attached hydrogens (tertiary/aromatic N) is 7. The molecule has 388 valence electrons. The predicted molar refractivity (Wildman–Crippen MR) is 246 cm³/mol. The van der Waals surface area contributed by atoms with Crippen molar-refractivity contribution in [3.05, 3.63) is 56.6 Å². The highest BCUT2D eigenvalue weighted by molar-refractivity contribution is 7.89. The number of rotatable bonds is 24. The van der Waals surface area contributed by atoms with Gasteiger partial charge in [-0.3, -0.25) is 37.7 Å². The molecule has 0 radical (unpaired) electrons. The van der Waals surface area contributed by atoms with Crippen LogP contribution in [0.3, 0.4) is 0 Å². The number of piperazine rings is 2. The van der Waals surface area contributed by atoms with Gasteiger partial charge >= 0.3 is 0 Å². The summed E-state index contributed by atoms with van der Waals surface area (Å²) < 4.78 is 174. The summed E-state index contributed by atoms with van der Waals surface area (Å²) in [6, 6.07) is 6.51. The van der Waals surface area contributed by atoms with Crippen molar-refractivity contribution >= 4 is 83.3 Å². The molecule has 0 saturated carbocycles. The van der Waals surface area contributed by atoms with E-state index < -0.39 is 93.2 Å². The van der Waals surface area contributed by atoms with Crippen molar-refractivity contribution in [2.75, 3.05) is 140 Å². The van der Waals surface area contributed by atoms with Crippen LogP contribution in [0.25, 0.3) is 0 Å². The first kappa shape index (κ1) is 58.5. The van der Waals surface area contributed by atoms with E-state index in [2.05, 4.69) is 0 Å². The highest BCUT2D eigenvalue weighted by atomic mass is 32.2. The number of nitro groups is 2. The normalized spacial score (nSPS) is 16.4. The smallest absolute Gasteiger partial charge is 0.270 e. The minimum Gasteiger partial charge on any atom is -0.368 e.